The number of nitrogens with zero attached hydrogens (tertiary/aromatic N) is 1. The topological polar surface area (TPSA) is 35.5 Å². The highest BCUT2D eigenvalue weighted by atomic mass is 32.2. The summed E-state index contributed by atoms with van der Waals surface area (Å²) in [6.07, 6.45) is 4.92. The van der Waals surface area contributed by atoms with Gasteiger partial charge in [-0.15, -0.1) is 11.8 Å². The zero-order valence-corrected chi connectivity index (χ0v) is 13.6. The van der Waals surface area contributed by atoms with Crippen LogP contribution in [-0.2, 0) is 0 Å². The molecule has 3 nitrogen and oxygen atoms in total. The Bertz CT molecular complexity index is 447. The molecular weight excluding hydrogens is 280 g/mol. The van der Waals surface area contributed by atoms with Crippen LogP contribution in [0.5, 0.6) is 0 Å². The lowest BCUT2D eigenvalue weighted by atomic mass is 10.2. The van der Waals surface area contributed by atoms with E-state index >= 15 is 0 Å². The second-order valence-corrected chi connectivity index (χ2v) is 7.47. The summed E-state index contributed by atoms with van der Waals surface area (Å²) < 4.78 is 0. The Balaban J connectivity index is 1.49. The van der Waals surface area contributed by atoms with Crippen molar-refractivity contribution in [3.63, 3.8) is 0 Å². The maximum absolute atomic E-state index is 8.81. The van der Waals surface area contributed by atoms with Crippen molar-refractivity contribution in [3.05, 3.63) is 24.3 Å². The number of aliphatic hydroxyl groups excluding tert-OH is 1. The van der Waals surface area contributed by atoms with Gasteiger partial charge < -0.3 is 10.4 Å². The predicted octanol–water partition coefficient (Wildman–Crippen LogP) is 3.20. The SMILES string of the molecule is CC1CC(Nc2ccc(SCCCO)cc2)CN1C1CC1. The molecule has 1 saturated carbocycles. The van der Waals surface area contributed by atoms with Gasteiger partial charge in [-0.3, -0.25) is 4.90 Å². The summed E-state index contributed by atoms with van der Waals surface area (Å²) in [7, 11) is 0. The lowest BCUT2D eigenvalue weighted by molar-refractivity contribution is 0.257. The summed E-state index contributed by atoms with van der Waals surface area (Å²) in [6, 6.07) is 10.9. The highest BCUT2D eigenvalue weighted by molar-refractivity contribution is 7.99. The van der Waals surface area contributed by atoms with Crippen LogP contribution in [0, 0.1) is 0 Å². The van der Waals surface area contributed by atoms with Gasteiger partial charge in [0.15, 0.2) is 0 Å². The Morgan fingerprint density at radius 1 is 1.29 bits per heavy atom. The van der Waals surface area contributed by atoms with Gasteiger partial charge in [0.05, 0.1) is 0 Å². The molecule has 1 saturated heterocycles. The maximum Gasteiger partial charge on any atom is 0.0439 e. The van der Waals surface area contributed by atoms with E-state index < -0.39 is 0 Å². The van der Waals surface area contributed by atoms with Gasteiger partial charge in [0.25, 0.3) is 0 Å². The Labute approximate surface area is 132 Å². The number of benzene rings is 1. The third-order valence-electron chi connectivity index (χ3n) is 4.44. The Kier molecular flexibility index (Phi) is 5.09. The number of hydrogen-bond donors (Lipinski definition) is 2. The molecular formula is C17H26N2OS. The second-order valence-electron chi connectivity index (χ2n) is 6.30. The predicted molar refractivity (Wildman–Crippen MR) is 90.1 cm³/mol. The van der Waals surface area contributed by atoms with Crippen molar-refractivity contribution in [2.45, 2.75) is 55.6 Å². The monoisotopic (exact) mass is 306 g/mol. The zero-order chi connectivity index (χ0) is 14.7. The molecule has 2 aliphatic rings. The van der Waals surface area contributed by atoms with Gasteiger partial charge >= 0.3 is 0 Å². The fourth-order valence-electron chi connectivity index (χ4n) is 3.21. The van der Waals surface area contributed by atoms with Gasteiger partial charge in [-0.1, -0.05) is 0 Å². The molecule has 3 rings (SSSR count). The third kappa shape index (κ3) is 4.15. The average Bonchev–Trinajstić information content (AvgIpc) is 3.26. The number of nitrogens with one attached hydrogen (secondary N) is 1. The molecule has 2 unspecified atom stereocenters. The molecule has 1 heterocycles. The maximum atomic E-state index is 8.81. The Hall–Kier alpha value is -0.710. The lowest BCUT2D eigenvalue weighted by Crippen LogP contribution is -2.30. The number of hydrogen-bond acceptors (Lipinski definition) is 4. The van der Waals surface area contributed by atoms with E-state index in [9.17, 15) is 0 Å². The first-order valence-electron chi connectivity index (χ1n) is 8.12. The van der Waals surface area contributed by atoms with Crippen LogP contribution < -0.4 is 5.32 Å². The number of rotatable bonds is 7. The molecule has 0 spiro atoms. The van der Waals surface area contributed by atoms with Crippen molar-refractivity contribution in [1.82, 2.24) is 4.90 Å². The van der Waals surface area contributed by atoms with Crippen molar-refractivity contribution in [2.75, 3.05) is 24.2 Å². The summed E-state index contributed by atoms with van der Waals surface area (Å²) in [4.78, 5) is 3.96. The fourth-order valence-corrected chi connectivity index (χ4v) is 4.05. The van der Waals surface area contributed by atoms with Crippen LogP contribution in [-0.4, -0.2) is 47.0 Å². The van der Waals surface area contributed by atoms with E-state index in [2.05, 4.69) is 41.4 Å². The van der Waals surface area contributed by atoms with E-state index in [1.807, 2.05) is 11.8 Å². The van der Waals surface area contributed by atoms with E-state index in [0.717, 1.165) is 24.3 Å². The minimum Gasteiger partial charge on any atom is -0.396 e. The van der Waals surface area contributed by atoms with Gasteiger partial charge in [0.2, 0.25) is 0 Å². The molecule has 0 radical (unpaired) electrons. The van der Waals surface area contributed by atoms with E-state index in [-0.39, 0.29) is 6.61 Å². The van der Waals surface area contributed by atoms with E-state index in [1.165, 1.54) is 36.4 Å². The van der Waals surface area contributed by atoms with E-state index in [1.54, 1.807) is 0 Å². The number of likely N-dealkylation sites (tertiary alicyclic amines) is 1. The fraction of sp³-hybridized carbons (Fsp3) is 0.647. The van der Waals surface area contributed by atoms with Crippen molar-refractivity contribution >= 4 is 17.4 Å². The summed E-state index contributed by atoms with van der Waals surface area (Å²) in [5, 5.41) is 12.5. The molecule has 0 amide bonds. The molecule has 1 aliphatic carbocycles. The molecule has 0 aromatic heterocycles. The van der Waals surface area contributed by atoms with Crippen LogP contribution >= 0.6 is 11.8 Å². The van der Waals surface area contributed by atoms with Gasteiger partial charge in [-0.25, -0.2) is 0 Å². The lowest BCUT2D eigenvalue weighted by Gasteiger charge is -2.20. The molecule has 1 aliphatic heterocycles. The largest absolute Gasteiger partial charge is 0.396 e. The van der Waals surface area contributed by atoms with Crippen LogP contribution in [0.3, 0.4) is 0 Å². The van der Waals surface area contributed by atoms with E-state index in [0.29, 0.717) is 6.04 Å². The van der Waals surface area contributed by atoms with Gasteiger partial charge in [-0.05, 0) is 56.9 Å². The summed E-state index contributed by atoms with van der Waals surface area (Å²) in [6.45, 7) is 3.84. The van der Waals surface area contributed by atoms with Gasteiger partial charge in [0, 0.05) is 47.6 Å². The minimum absolute atomic E-state index is 0.282. The van der Waals surface area contributed by atoms with Crippen molar-refractivity contribution in [1.29, 1.82) is 0 Å². The zero-order valence-electron chi connectivity index (χ0n) is 12.8. The highest BCUT2D eigenvalue weighted by Gasteiger charge is 2.38. The van der Waals surface area contributed by atoms with Gasteiger partial charge in [0.1, 0.15) is 0 Å². The second kappa shape index (κ2) is 7.03. The number of thioether (sulfide) groups is 1. The Morgan fingerprint density at radius 2 is 2.05 bits per heavy atom. The van der Waals surface area contributed by atoms with Crippen LogP contribution in [0.15, 0.2) is 29.2 Å². The summed E-state index contributed by atoms with van der Waals surface area (Å²) in [5.41, 5.74) is 1.23. The first-order chi connectivity index (χ1) is 10.3. The number of anilines is 1. The molecule has 21 heavy (non-hydrogen) atoms. The first kappa shape index (κ1) is 15.2. The van der Waals surface area contributed by atoms with Crippen molar-refractivity contribution in [2.24, 2.45) is 0 Å². The summed E-state index contributed by atoms with van der Waals surface area (Å²) in [5.74, 6) is 0.986. The molecule has 1 aromatic carbocycles. The van der Waals surface area contributed by atoms with Gasteiger partial charge in [-0.2, -0.15) is 0 Å². The summed E-state index contributed by atoms with van der Waals surface area (Å²) >= 11 is 1.81. The Morgan fingerprint density at radius 3 is 2.71 bits per heavy atom. The smallest absolute Gasteiger partial charge is 0.0439 e. The molecule has 116 valence electrons. The third-order valence-corrected chi connectivity index (χ3v) is 5.53. The quantitative estimate of drug-likeness (QED) is 0.599. The van der Waals surface area contributed by atoms with Crippen LogP contribution in [0.2, 0.25) is 0 Å². The molecule has 2 atom stereocenters. The van der Waals surface area contributed by atoms with Crippen molar-refractivity contribution in [3.8, 4) is 0 Å². The van der Waals surface area contributed by atoms with Crippen LogP contribution in [0.1, 0.15) is 32.6 Å². The number of aliphatic hydroxyl groups is 1. The van der Waals surface area contributed by atoms with Crippen molar-refractivity contribution < 1.29 is 5.11 Å². The van der Waals surface area contributed by atoms with Crippen LogP contribution in [0.25, 0.3) is 0 Å². The average molecular weight is 306 g/mol. The first-order valence-corrected chi connectivity index (χ1v) is 9.11. The molecule has 4 heteroatoms. The molecule has 0 bridgehead atoms. The van der Waals surface area contributed by atoms with Crippen LogP contribution in [0.4, 0.5) is 5.69 Å². The standard InChI is InChI=1S/C17H26N2OS/c1-13-11-15(12-19(13)16-5-6-16)18-14-3-7-17(8-4-14)21-10-2-9-20/h3-4,7-8,13,15-16,18,20H,2,5-6,9-12H2,1H3. The molecule has 1 aromatic rings. The minimum atomic E-state index is 0.282. The van der Waals surface area contributed by atoms with E-state index in [4.69, 9.17) is 5.11 Å². The normalized spacial score (nSPS) is 26.2. The molecule has 2 fully saturated rings. The molecule has 2 N–H and O–H groups in total. The highest BCUT2D eigenvalue weighted by Crippen LogP contribution is 2.34.